The Kier molecular flexibility index (Phi) is 5.58. The first-order chi connectivity index (χ1) is 14.1. The number of nitrogens with one attached hydrogen (secondary N) is 1. The third kappa shape index (κ3) is 3.87. The van der Waals surface area contributed by atoms with Crippen molar-refractivity contribution in [3.8, 4) is 0 Å². The summed E-state index contributed by atoms with van der Waals surface area (Å²) in [5.74, 6) is -1.25. The van der Waals surface area contributed by atoms with Crippen LogP contribution in [0.5, 0.6) is 0 Å². The van der Waals surface area contributed by atoms with Crippen LogP contribution in [-0.4, -0.2) is 26.4 Å². The van der Waals surface area contributed by atoms with Gasteiger partial charge in [-0.25, -0.2) is 18.7 Å². The van der Waals surface area contributed by atoms with E-state index < -0.39 is 23.3 Å². The van der Waals surface area contributed by atoms with Crippen LogP contribution < -0.4 is 5.43 Å². The van der Waals surface area contributed by atoms with E-state index in [-0.39, 0.29) is 6.61 Å². The van der Waals surface area contributed by atoms with Crippen LogP contribution in [0.1, 0.15) is 27.0 Å². The molecule has 0 spiro atoms. The molecule has 1 aromatic carbocycles. The summed E-state index contributed by atoms with van der Waals surface area (Å²) in [7, 11) is 0. The number of anilines is 1. The minimum Gasteiger partial charge on any atom is -0.392 e. The second kappa shape index (κ2) is 8.29. The highest BCUT2D eigenvalue weighted by Crippen LogP contribution is 2.36. The normalized spacial score (nSPS) is 12.7. The molecule has 1 unspecified atom stereocenters. The number of benzene rings is 1. The molecule has 0 saturated carbocycles. The van der Waals surface area contributed by atoms with Gasteiger partial charge in [0.2, 0.25) is 0 Å². The summed E-state index contributed by atoms with van der Waals surface area (Å²) in [6, 6.07) is 6.83. The molecule has 0 aliphatic carbocycles. The Bertz CT molecular complexity index is 1170. The minimum absolute atomic E-state index is 0.0824. The molecule has 10 heteroatoms. The zero-order chi connectivity index (χ0) is 20.4. The number of nitrogens with zero attached hydrogens (tertiary/aromatic N) is 3. The third-order valence-corrected chi connectivity index (χ3v) is 6.18. The van der Waals surface area contributed by atoms with Crippen LogP contribution in [0, 0.1) is 11.6 Å². The Morgan fingerprint density at radius 1 is 1.21 bits per heavy atom. The second-order valence-electron chi connectivity index (χ2n) is 5.97. The lowest BCUT2D eigenvalue weighted by Gasteiger charge is -2.10. The van der Waals surface area contributed by atoms with E-state index in [9.17, 15) is 19.0 Å². The Morgan fingerprint density at radius 3 is 2.76 bits per heavy atom. The van der Waals surface area contributed by atoms with Crippen LogP contribution in [0.2, 0.25) is 0 Å². The summed E-state index contributed by atoms with van der Waals surface area (Å²) in [5, 5.41) is 26.3. The highest BCUT2D eigenvalue weighted by atomic mass is 32.1. The van der Waals surface area contributed by atoms with Crippen molar-refractivity contribution in [2.24, 2.45) is 5.10 Å². The molecule has 4 rings (SSSR count). The molecule has 1 atom stereocenters. The number of fused-ring (bicyclic) bond motifs is 1. The van der Waals surface area contributed by atoms with Crippen molar-refractivity contribution in [2.75, 3.05) is 5.43 Å². The molecule has 29 heavy (non-hydrogen) atoms. The molecule has 6 nitrogen and oxygen atoms in total. The monoisotopic (exact) mass is 432 g/mol. The Hall–Kier alpha value is -2.79. The lowest BCUT2D eigenvalue weighted by Crippen LogP contribution is -2.03. The Morgan fingerprint density at radius 2 is 2.00 bits per heavy atom. The third-order valence-electron chi connectivity index (χ3n) is 4.19. The molecule has 0 saturated heterocycles. The molecule has 148 valence electrons. The summed E-state index contributed by atoms with van der Waals surface area (Å²) in [6.07, 6.45) is 1.44. The van der Waals surface area contributed by atoms with E-state index in [1.165, 1.54) is 23.7 Å². The fourth-order valence-electron chi connectivity index (χ4n) is 2.76. The van der Waals surface area contributed by atoms with Crippen molar-refractivity contribution in [3.63, 3.8) is 0 Å². The number of hydrogen-bond donors (Lipinski definition) is 3. The van der Waals surface area contributed by atoms with E-state index in [4.69, 9.17) is 0 Å². The number of aliphatic hydroxyl groups is 2. The average Bonchev–Trinajstić information content (AvgIpc) is 3.34. The molecule has 3 N–H and O–H groups in total. The lowest BCUT2D eigenvalue weighted by atomic mass is 10.1. The SMILES string of the molecule is OCc1ccsc1/C=N/Nc1ncnc2sc(C(O)c3c(F)cccc3F)cc12. The van der Waals surface area contributed by atoms with Crippen LogP contribution in [0.25, 0.3) is 10.2 Å². The minimum atomic E-state index is -1.47. The lowest BCUT2D eigenvalue weighted by molar-refractivity contribution is 0.213. The van der Waals surface area contributed by atoms with Gasteiger partial charge < -0.3 is 10.2 Å². The second-order valence-corrected chi connectivity index (χ2v) is 7.98. The van der Waals surface area contributed by atoms with Gasteiger partial charge in [-0.15, -0.1) is 22.7 Å². The first kappa shape index (κ1) is 19.5. The molecule has 0 aliphatic rings. The number of hydrogen-bond acceptors (Lipinski definition) is 8. The van der Waals surface area contributed by atoms with Crippen LogP contribution in [0.15, 0.2) is 47.1 Å². The van der Waals surface area contributed by atoms with Gasteiger partial charge in [0.1, 0.15) is 28.9 Å². The van der Waals surface area contributed by atoms with Crippen molar-refractivity contribution in [3.05, 3.63) is 74.6 Å². The van der Waals surface area contributed by atoms with E-state index >= 15 is 0 Å². The number of hydrazone groups is 1. The van der Waals surface area contributed by atoms with Gasteiger partial charge in [0.15, 0.2) is 5.82 Å². The Balaban J connectivity index is 1.63. The highest BCUT2D eigenvalue weighted by molar-refractivity contribution is 7.18. The van der Waals surface area contributed by atoms with Crippen LogP contribution in [0.3, 0.4) is 0 Å². The van der Waals surface area contributed by atoms with E-state index in [1.807, 2.05) is 11.4 Å². The summed E-state index contributed by atoms with van der Waals surface area (Å²) in [5.41, 5.74) is 3.17. The van der Waals surface area contributed by atoms with Gasteiger partial charge in [-0.3, -0.25) is 5.43 Å². The van der Waals surface area contributed by atoms with E-state index in [1.54, 1.807) is 12.3 Å². The average molecular weight is 432 g/mol. The molecular formula is C19H14F2N4O2S2. The highest BCUT2D eigenvalue weighted by Gasteiger charge is 2.22. The topological polar surface area (TPSA) is 90.6 Å². The summed E-state index contributed by atoms with van der Waals surface area (Å²) < 4.78 is 28.0. The quantitative estimate of drug-likeness (QED) is 0.316. The number of thiophene rings is 2. The predicted octanol–water partition coefficient (Wildman–Crippen LogP) is 4.05. The van der Waals surface area contributed by atoms with Crippen molar-refractivity contribution in [1.29, 1.82) is 0 Å². The fraction of sp³-hybridized carbons (Fsp3) is 0.105. The number of aromatic nitrogens is 2. The first-order valence-corrected chi connectivity index (χ1v) is 10.1. The largest absolute Gasteiger partial charge is 0.392 e. The molecule has 0 aliphatic heterocycles. The molecule has 0 amide bonds. The molecule has 3 aromatic heterocycles. The molecule has 3 heterocycles. The summed E-state index contributed by atoms with van der Waals surface area (Å²) >= 11 is 2.55. The van der Waals surface area contributed by atoms with Crippen LogP contribution in [-0.2, 0) is 6.61 Å². The zero-order valence-corrected chi connectivity index (χ0v) is 16.3. The number of aliphatic hydroxyl groups excluding tert-OH is 2. The molecule has 4 aromatic rings. The van der Waals surface area contributed by atoms with Gasteiger partial charge in [-0.1, -0.05) is 6.07 Å². The maximum absolute atomic E-state index is 14.0. The predicted molar refractivity (Wildman–Crippen MR) is 109 cm³/mol. The molecule has 0 radical (unpaired) electrons. The summed E-state index contributed by atoms with van der Waals surface area (Å²) in [6.45, 7) is -0.0824. The van der Waals surface area contributed by atoms with Gasteiger partial charge in [0.25, 0.3) is 0 Å². The fourth-order valence-corrected chi connectivity index (χ4v) is 4.53. The van der Waals surface area contributed by atoms with Gasteiger partial charge in [0.05, 0.1) is 28.6 Å². The van der Waals surface area contributed by atoms with Crippen molar-refractivity contribution in [1.82, 2.24) is 9.97 Å². The van der Waals surface area contributed by atoms with E-state index in [0.717, 1.165) is 33.9 Å². The van der Waals surface area contributed by atoms with Gasteiger partial charge >= 0.3 is 0 Å². The van der Waals surface area contributed by atoms with Crippen LogP contribution >= 0.6 is 22.7 Å². The molecule has 0 bridgehead atoms. The molecular weight excluding hydrogens is 418 g/mol. The van der Waals surface area contributed by atoms with Gasteiger partial charge in [0, 0.05) is 4.88 Å². The van der Waals surface area contributed by atoms with Gasteiger partial charge in [-0.2, -0.15) is 5.10 Å². The van der Waals surface area contributed by atoms with Gasteiger partial charge in [-0.05, 0) is 35.2 Å². The number of halogens is 2. The van der Waals surface area contributed by atoms with Crippen molar-refractivity contribution < 1.29 is 19.0 Å². The smallest absolute Gasteiger partial charge is 0.158 e. The molecule has 0 fully saturated rings. The first-order valence-electron chi connectivity index (χ1n) is 8.41. The zero-order valence-electron chi connectivity index (χ0n) is 14.7. The maximum Gasteiger partial charge on any atom is 0.158 e. The Labute approximate surface area is 171 Å². The number of rotatable bonds is 6. The van der Waals surface area contributed by atoms with Crippen molar-refractivity contribution >= 4 is 44.9 Å². The van der Waals surface area contributed by atoms with E-state index in [0.29, 0.717) is 20.9 Å². The summed E-state index contributed by atoms with van der Waals surface area (Å²) in [4.78, 5) is 9.97. The van der Waals surface area contributed by atoms with E-state index in [2.05, 4.69) is 20.5 Å². The van der Waals surface area contributed by atoms with Crippen LogP contribution in [0.4, 0.5) is 14.6 Å². The standard InChI is InChI=1S/C19H14F2N4O2S2/c20-12-2-1-3-13(21)16(12)17(27)14-6-11-18(22-9-23-19(11)29-14)25-24-7-15-10(8-26)4-5-28-15/h1-7,9,17,26-27H,8H2,(H,22,23,25)/b24-7+. The van der Waals surface area contributed by atoms with Crippen molar-refractivity contribution in [2.45, 2.75) is 12.7 Å². The maximum atomic E-state index is 14.0.